The Hall–Kier alpha value is -2.23. The molecule has 0 unspecified atom stereocenters. The minimum absolute atomic E-state index is 0.0382. The summed E-state index contributed by atoms with van der Waals surface area (Å²) in [5, 5.41) is 11.3. The van der Waals surface area contributed by atoms with E-state index in [4.69, 9.17) is 4.74 Å². The van der Waals surface area contributed by atoms with Crippen molar-refractivity contribution in [3.63, 3.8) is 0 Å². The molecule has 0 bridgehead atoms. The lowest BCUT2D eigenvalue weighted by atomic mass is 9.63. The highest BCUT2D eigenvalue weighted by Gasteiger charge is 2.61. The molecule has 150 valence electrons. The molecule has 1 spiro atoms. The second-order valence-electron chi connectivity index (χ2n) is 8.97. The van der Waals surface area contributed by atoms with Crippen molar-refractivity contribution in [1.82, 2.24) is 0 Å². The van der Waals surface area contributed by atoms with Gasteiger partial charge in [-0.1, -0.05) is 67.1 Å². The molecule has 0 aromatic heterocycles. The number of Topliss-reactive ketones (excluding diaryl/α,β-unsaturated/α-hetero) is 1. The van der Waals surface area contributed by atoms with Gasteiger partial charge in [-0.15, -0.1) is 0 Å². The maximum atomic E-state index is 13.8. The third kappa shape index (κ3) is 3.17. The summed E-state index contributed by atoms with van der Waals surface area (Å²) in [7, 11) is 0. The van der Waals surface area contributed by atoms with Crippen molar-refractivity contribution >= 4 is 11.9 Å². The Bertz CT molecular complexity index is 919. The van der Waals surface area contributed by atoms with E-state index in [1.165, 1.54) is 0 Å². The number of carbonyl (C=O) groups is 1. The lowest BCUT2D eigenvalue weighted by Crippen LogP contribution is -2.55. The summed E-state index contributed by atoms with van der Waals surface area (Å²) in [6, 6.07) is 20.1. The van der Waals surface area contributed by atoms with Gasteiger partial charge < -0.3 is 9.84 Å². The van der Waals surface area contributed by atoms with Gasteiger partial charge in [-0.05, 0) is 54.9 Å². The van der Waals surface area contributed by atoms with E-state index in [2.05, 4.69) is 0 Å². The van der Waals surface area contributed by atoms with Crippen molar-refractivity contribution in [2.75, 3.05) is 0 Å². The van der Waals surface area contributed by atoms with Gasteiger partial charge in [-0.2, -0.15) is 0 Å². The zero-order valence-corrected chi connectivity index (χ0v) is 16.7. The molecule has 0 amide bonds. The fraction of sp³-hybridized carbons (Fsp3) is 0.423. The average Bonchev–Trinajstić information content (AvgIpc) is 3.05. The van der Waals surface area contributed by atoms with Crippen LogP contribution in [-0.2, 0) is 9.53 Å². The van der Waals surface area contributed by atoms with Crippen molar-refractivity contribution in [2.45, 2.75) is 56.8 Å². The first-order valence-electron chi connectivity index (χ1n) is 10.9. The summed E-state index contributed by atoms with van der Waals surface area (Å²) in [4.78, 5) is 13.8. The summed E-state index contributed by atoms with van der Waals surface area (Å²) in [6.07, 6.45) is 7.61. The smallest absolute Gasteiger partial charge is 0.169 e. The van der Waals surface area contributed by atoms with E-state index >= 15 is 0 Å². The van der Waals surface area contributed by atoms with Crippen LogP contribution >= 0.6 is 0 Å². The number of carbonyl (C=O) groups excluding carboxylic acids is 1. The Morgan fingerprint density at radius 3 is 2.45 bits per heavy atom. The van der Waals surface area contributed by atoms with E-state index in [0.29, 0.717) is 12.8 Å². The Morgan fingerprint density at radius 2 is 1.69 bits per heavy atom. The summed E-state index contributed by atoms with van der Waals surface area (Å²) >= 11 is 0. The Labute approximate surface area is 172 Å². The van der Waals surface area contributed by atoms with Crippen LogP contribution in [0.2, 0.25) is 0 Å². The van der Waals surface area contributed by atoms with E-state index < -0.39 is 17.3 Å². The SMILES string of the molecule is O=C1/C(=C/c2ccccc2)CC[C@]12C[C@H]1CCCC[C@]1(O)O[C@@H]2c1ccccc1. The largest absolute Gasteiger partial charge is 0.365 e. The minimum atomic E-state index is -1.10. The normalized spacial score (nSPS) is 35.8. The van der Waals surface area contributed by atoms with Crippen molar-refractivity contribution in [3.05, 3.63) is 77.4 Å². The first-order chi connectivity index (χ1) is 14.1. The van der Waals surface area contributed by atoms with Gasteiger partial charge in [-0.25, -0.2) is 0 Å². The van der Waals surface area contributed by atoms with Gasteiger partial charge in [0.2, 0.25) is 0 Å². The zero-order chi connectivity index (χ0) is 19.9. The average molecular weight is 389 g/mol. The molecule has 1 heterocycles. The summed E-state index contributed by atoms with van der Waals surface area (Å²) < 4.78 is 6.48. The fourth-order valence-electron chi connectivity index (χ4n) is 5.73. The van der Waals surface area contributed by atoms with Crippen LogP contribution in [0.3, 0.4) is 0 Å². The maximum Gasteiger partial charge on any atom is 0.169 e. The molecule has 2 aromatic carbocycles. The van der Waals surface area contributed by atoms with Crippen LogP contribution in [0.5, 0.6) is 0 Å². The Balaban J connectivity index is 1.55. The number of rotatable bonds is 2. The molecule has 2 aromatic rings. The fourth-order valence-corrected chi connectivity index (χ4v) is 5.73. The molecule has 1 aliphatic heterocycles. The molecule has 29 heavy (non-hydrogen) atoms. The molecular weight excluding hydrogens is 360 g/mol. The molecule has 1 saturated heterocycles. The maximum absolute atomic E-state index is 13.8. The molecule has 3 aliphatic rings. The predicted octanol–water partition coefficient (Wildman–Crippen LogP) is 5.46. The van der Waals surface area contributed by atoms with E-state index in [0.717, 1.165) is 48.8 Å². The summed E-state index contributed by atoms with van der Waals surface area (Å²) in [5.41, 5.74) is 2.38. The lowest BCUT2D eigenvalue weighted by Gasteiger charge is -2.53. The van der Waals surface area contributed by atoms with Crippen LogP contribution in [0.1, 0.15) is 62.2 Å². The topological polar surface area (TPSA) is 46.5 Å². The molecule has 2 saturated carbocycles. The number of allylic oxidation sites excluding steroid dienone is 1. The highest BCUT2D eigenvalue weighted by atomic mass is 16.6. The number of hydrogen-bond donors (Lipinski definition) is 1. The number of ketones is 1. The highest BCUT2D eigenvalue weighted by Crippen LogP contribution is 2.60. The van der Waals surface area contributed by atoms with E-state index in [1.54, 1.807) is 0 Å². The van der Waals surface area contributed by atoms with Crippen LogP contribution in [0.25, 0.3) is 6.08 Å². The zero-order valence-electron chi connectivity index (χ0n) is 16.7. The minimum Gasteiger partial charge on any atom is -0.365 e. The quantitative estimate of drug-likeness (QED) is 0.695. The standard InChI is InChI=1S/C26H28O3/c27-23-21(17-19-9-3-1-4-10-19)14-16-25(23)18-22-13-7-8-15-26(22,28)29-24(25)20-11-5-2-6-12-20/h1-6,9-12,17,22,24,28H,7-8,13-16,18H2/b21-17+/t22-,24-,25+,26+/m1/s1. The van der Waals surface area contributed by atoms with Gasteiger partial charge in [0.1, 0.15) is 0 Å². The molecule has 4 atom stereocenters. The van der Waals surface area contributed by atoms with Gasteiger partial charge in [0.05, 0.1) is 11.5 Å². The van der Waals surface area contributed by atoms with Crippen LogP contribution in [-0.4, -0.2) is 16.7 Å². The van der Waals surface area contributed by atoms with Crippen LogP contribution in [0.15, 0.2) is 66.2 Å². The van der Waals surface area contributed by atoms with Gasteiger partial charge in [0.25, 0.3) is 0 Å². The molecule has 3 nitrogen and oxygen atoms in total. The first kappa shape index (κ1) is 18.8. The number of hydrogen-bond acceptors (Lipinski definition) is 3. The third-order valence-electron chi connectivity index (χ3n) is 7.24. The molecule has 2 aliphatic carbocycles. The van der Waals surface area contributed by atoms with E-state index in [1.807, 2.05) is 66.7 Å². The number of ether oxygens (including phenoxy) is 1. The van der Waals surface area contributed by atoms with Crippen molar-refractivity contribution in [3.8, 4) is 0 Å². The Morgan fingerprint density at radius 1 is 0.966 bits per heavy atom. The van der Waals surface area contributed by atoms with Crippen LogP contribution in [0, 0.1) is 11.3 Å². The summed E-state index contributed by atoms with van der Waals surface area (Å²) in [5.74, 6) is -0.852. The number of aliphatic hydroxyl groups is 1. The second kappa shape index (κ2) is 7.23. The monoisotopic (exact) mass is 388 g/mol. The summed E-state index contributed by atoms with van der Waals surface area (Å²) in [6.45, 7) is 0. The molecule has 3 fully saturated rings. The second-order valence-corrected chi connectivity index (χ2v) is 8.97. The van der Waals surface area contributed by atoms with Crippen molar-refractivity contribution < 1.29 is 14.6 Å². The molecule has 3 heteroatoms. The van der Waals surface area contributed by atoms with Crippen LogP contribution < -0.4 is 0 Å². The molecule has 0 radical (unpaired) electrons. The van der Waals surface area contributed by atoms with Crippen molar-refractivity contribution in [1.29, 1.82) is 0 Å². The molecular formula is C26H28O3. The lowest BCUT2D eigenvalue weighted by molar-refractivity contribution is -0.323. The van der Waals surface area contributed by atoms with E-state index in [-0.39, 0.29) is 11.7 Å². The van der Waals surface area contributed by atoms with Crippen LogP contribution in [0.4, 0.5) is 0 Å². The number of benzene rings is 2. The Kier molecular flexibility index (Phi) is 4.68. The highest BCUT2D eigenvalue weighted by molar-refractivity contribution is 6.06. The van der Waals surface area contributed by atoms with Gasteiger partial charge in [0.15, 0.2) is 11.6 Å². The third-order valence-corrected chi connectivity index (χ3v) is 7.24. The van der Waals surface area contributed by atoms with Gasteiger partial charge in [0, 0.05) is 12.3 Å². The predicted molar refractivity (Wildman–Crippen MR) is 113 cm³/mol. The molecule has 1 N–H and O–H groups in total. The number of fused-ring (bicyclic) bond motifs is 1. The van der Waals surface area contributed by atoms with Crippen molar-refractivity contribution in [2.24, 2.45) is 11.3 Å². The van der Waals surface area contributed by atoms with Gasteiger partial charge in [-0.3, -0.25) is 4.79 Å². The molecule has 5 rings (SSSR count). The first-order valence-corrected chi connectivity index (χ1v) is 10.9. The van der Waals surface area contributed by atoms with E-state index in [9.17, 15) is 9.90 Å². The van der Waals surface area contributed by atoms with Gasteiger partial charge >= 0.3 is 0 Å².